The van der Waals surface area contributed by atoms with Crippen molar-refractivity contribution in [3.63, 3.8) is 0 Å². The third kappa shape index (κ3) is 2.60. The molecule has 2 rings (SSSR count). The Morgan fingerprint density at radius 3 is 2.47 bits per heavy atom. The smallest absolute Gasteiger partial charge is 0.318 e. The van der Waals surface area contributed by atoms with Crippen LogP contribution in [0.15, 0.2) is 0 Å². The molecular weight excluding hydrogens is 220 g/mol. The molecule has 1 amide bonds. The average molecular weight is 240 g/mol. The standard InChI is InChI=1S/C12H20N2O3/c1-12(2,11(16)17)10(15)13-8-5-6-14(7-8)9-3-4-9/h8-9H,3-7H2,1-2H3,(H,13,15)(H,16,17). The van der Waals surface area contributed by atoms with Crippen LogP contribution in [0.25, 0.3) is 0 Å². The summed E-state index contributed by atoms with van der Waals surface area (Å²) >= 11 is 0. The summed E-state index contributed by atoms with van der Waals surface area (Å²) in [5.41, 5.74) is -1.34. The molecule has 0 aromatic carbocycles. The fourth-order valence-electron chi connectivity index (χ4n) is 2.14. The molecule has 2 aliphatic rings. The van der Waals surface area contributed by atoms with Crippen molar-refractivity contribution >= 4 is 11.9 Å². The Bertz CT molecular complexity index is 337. The van der Waals surface area contributed by atoms with E-state index in [9.17, 15) is 9.59 Å². The van der Waals surface area contributed by atoms with Gasteiger partial charge in [0.15, 0.2) is 0 Å². The normalized spacial score (nSPS) is 25.9. The van der Waals surface area contributed by atoms with E-state index < -0.39 is 11.4 Å². The molecule has 1 unspecified atom stereocenters. The molecule has 0 aromatic heterocycles. The quantitative estimate of drug-likeness (QED) is 0.700. The first-order valence-electron chi connectivity index (χ1n) is 6.19. The molecule has 96 valence electrons. The van der Waals surface area contributed by atoms with E-state index in [4.69, 9.17) is 5.11 Å². The van der Waals surface area contributed by atoms with E-state index in [1.54, 1.807) is 0 Å². The molecule has 17 heavy (non-hydrogen) atoms. The van der Waals surface area contributed by atoms with Crippen molar-refractivity contribution in [3.8, 4) is 0 Å². The van der Waals surface area contributed by atoms with Crippen molar-refractivity contribution in [2.45, 2.75) is 45.2 Å². The molecule has 1 aliphatic carbocycles. The van der Waals surface area contributed by atoms with Crippen molar-refractivity contribution in [1.82, 2.24) is 10.2 Å². The molecule has 5 heteroatoms. The SMILES string of the molecule is CC(C)(C(=O)O)C(=O)NC1CCN(C2CC2)C1. The van der Waals surface area contributed by atoms with Crippen LogP contribution in [0.5, 0.6) is 0 Å². The minimum atomic E-state index is -1.34. The van der Waals surface area contributed by atoms with E-state index in [0.717, 1.165) is 19.5 Å². The molecule has 0 aromatic rings. The Labute approximate surface area is 101 Å². The first kappa shape index (κ1) is 12.4. The number of amides is 1. The van der Waals surface area contributed by atoms with Gasteiger partial charge in [0.25, 0.3) is 0 Å². The number of carboxylic acids is 1. The lowest BCUT2D eigenvalue weighted by Gasteiger charge is -2.22. The fourth-order valence-corrected chi connectivity index (χ4v) is 2.14. The zero-order valence-electron chi connectivity index (χ0n) is 10.4. The van der Waals surface area contributed by atoms with Crippen molar-refractivity contribution in [2.24, 2.45) is 5.41 Å². The number of carbonyl (C=O) groups is 2. The maximum absolute atomic E-state index is 11.8. The Balaban J connectivity index is 1.85. The van der Waals surface area contributed by atoms with E-state index in [1.807, 2.05) is 0 Å². The second kappa shape index (κ2) is 4.29. The Morgan fingerprint density at radius 2 is 1.94 bits per heavy atom. The van der Waals surface area contributed by atoms with E-state index in [1.165, 1.54) is 26.7 Å². The maximum Gasteiger partial charge on any atom is 0.318 e. The van der Waals surface area contributed by atoms with Crippen LogP contribution in [-0.2, 0) is 9.59 Å². The van der Waals surface area contributed by atoms with Gasteiger partial charge in [-0.3, -0.25) is 14.5 Å². The third-order valence-electron chi connectivity index (χ3n) is 3.72. The highest BCUT2D eigenvalue weighted by Crippen LogP contribution is 2.30. The van der Waals surface area contributed by atoms with Gasteiger partial charge in [0.05, 0.1) is 0 Å². The third-order valence-corrected chi connectivity index (χ3v) is 3.72. The van der Waals surface area contributed by atoms with Crippen molar-refractivity contribution in [1.29, 1.82) is 0 Å². The van der Waals surface area contributed by atoms with Gasteiger partial charge in [-0.2, -0.15) is 0 Å². The second-order valence-corrected chi connectivity index (χ2v) is 5.62. The van der Waals surface area contributed by atoms with E-state index in [0.29, 0.717) is 6.04 Å². The highest BCUT2D eigenvalue weighted by molar-refractivity contribution is 6.01. The molecular formula is C12H20N2O3. The van der Waals surface area contributed by atoms with Gasteiger partial charge in [-0.25, -0.2) is 0 Å². The van der Waals surface area contributed by atoms with Gasteiger partial charge in [-0.1, -0.05) is 0 Å². The van der Waals surface area contributed by atoms with Crippen molar-refractivity contribution in [3.05, 3.63) is 0 Å². The number of aliphatic carboxylic acids is 1. The van der Waals surface area contributed by atoms with E-state index in [2.05, 4.69) is 10.2 Å². The molecule has 1 saturated heterocycles. The van der Waals surface area contributed by atoms with Crippen molar-refractivity contribution in [2.75, 3.05) is 13.1 Å². The summed E-state index contributed by atoms with van der Waals surface area (Å²) in [6, 6.07) is 0.825. The summed E-state index contributed by atoms with van der Waals surface area (Å²) in [6.07, 6.45) is 3.46. The zero-order chi connectivity index (χ0) is 12.6. The lowest BCUT2D eigenvalue weighted by Crippen LogP contribution is -2.47. The number of hydrogen-bond donors (Lipinski definition) is 2. The van der Waals surface area contributed by atoms with Crippen LogP contribution in [0.4, 0.5) is 0 Å². The van der Waals surface area contributed by atoms with Crippen LogP contribution in [0, 0.1) is 5.41 Å². The molecule has 0 radical (unpaired) electrons. The fraction of sp³-hybridized carbons (Fsp3) is 0.833. The molecule has 1 atom stereocenters. The molecule has 2 fully saturated rings. The monoisotopic (exact) mass is 240 g/mol. The highest BCUT2D eigenvalue weighted by Gasteiger charge is 2.39. The molecule has 1 heterocycles. The van der Waals surface area contributed by atoms with Gasteiger partial charge in [0.1, 0.15) is 5.41 Å². The Hall–Kier alpha value is -1.10. The largest absolute Gasteiger partial charge is 0.480 e. The van der Waals surface area contributed by atoms with Gasteiger partial charge in [0.2, 0.25) is 5.91 Å². The summed E-state index contributed by atoms with van der Waals surface area (Å²) < 4.78 is 0. The summed E-state index contributed by atoms with van der Waals surface area (Å²) in [4.78, 5) is 25.2. The molecule has 0 spiro atoms. The van der Waals surface area contributed by atoms with Crippen LogP contribution >= 0.6 is 0 Å². The Morgan fingerprint density at radius 1 is 1.29 bits per heavy atom. The van der Waals surface area contributed by atoms with Crippen LogP contribution in [0.2, 0.25) is 0 Å². The van der Waals surface area contributed by atoms with E-state index in [-0.39, 0.29) is 11.9 Å². The number of carbonyl (C=O) groups excluding carboxylic acids is 1. The number of carboxylic acid groups (broad SMARTS) is 1. The maximum atomic E-state index is 11.8. The average Bonchev–Trinajstić information content (AvgIpc) is 3.00. The van der Waals surface area contributed by atoms with Crippen molar-refractivity contribution < 1.29 is 14.7 Å². The molecule has 1 aliphatic heterocycles. The number of likely N-dealkylation sites (tertiary alicyclic amines) is 1. The number of hydrogen-bond acceptors (Lipinski definition) is 3. The molecule has 1 saturated carbocycles. The first-order chi connectivity index (χ1) is 7.91. The minimum Gasteiger partial charge on any atom is -0.480 e. The summed E-state index contributed by atoms with van der Waals surface area (Å²) in [5, 5.41) is 11.8. The number of rotatable bonds is 4. The highest BCUT2D eigenvalue weighted by atomic mass is 16.4. The number of nitrogens with one attached hydrogen (secondary N) is 1. The van der Waals surface area contributed by atoms with Crippen LogP contribution < -0.4 is 5.32 Å². The van der Waals surface area contributed by atoms with Crippen LogP contribution in [0.1, 0.15) is 33.1 Å². The van der Waals surface area contributed by atoms with Gasteiger partial charge in [-0.05, 0) is 33.1 Å². The van der Waals surface area contributed by atoms with Crippen LogP contribution in [-0.4, -0.2) is 47.1 Å². The van der Waals surface area contributed by atoms with Gasteiger partial charge < -0.3 is 10.4 Å². The van der Waals surface area contributed by atoms with Gasteiger partial charge in [0, 0.05) is 25.2 Å². The van der Waals surface area contributed by atoms with Crippen LogP contribution in [0.3, 0.4) is 0 Å². The first-order valence-corrected chi connectivity index (χ1v) is 6.19. The lowest BCUT2D eigenvalue weighted by molar-refractivity contribution is -0.153. The Kier molecular flexibility index (Phi) is 3.12. The predicted molar refractivity (Wildman–Crippen MR) is 62.6 cm³/mol. The topological polar surface area (TPSA) is 69.6 Å². The van der Waals surface area contributed by atoms with Gasteiger partial charge in [-0.15, -0.1) is 0 Å². The molecule has 5 nitrogen and oxygen atoms in total. The predicted octanol–water partition coefficient (Wildman–Crippen LogP) is 0.450. The lowest BCUT2D eigenvalue weighted by atomic mass is 9.92. The minimum absolute atomic E-state index is 0.113. The second-order valence-electron chi connectivity index (χ2n) is 5.62. The zero-order valence-corrected chi connectivity index (χ0v) is 10.4. The summed E-state index contributed by atoms with van der Waals surface area (Å²) in [5.74, 6) is -1.46. The number of nitrogens with zero attached hydrogens (tertiary/aromatic N) is 1. The summed E-state index contributed by atoms with van der Waals surface area (Å²) in [7, 11) is 0. The summed E-state index contributed by atoms with van der Waals surface area (Å²) in [6.45, 7) is 4.77. The van der Waals surface area contributed by atoms with Gasteiger partial charge >= 0.3 is 5.97 Å². The molecule has 2 N–H and O–H groups in total. The molecule has 0 bridgehead atoms. The van der Waals surface area contributed by atoms with E-state index >= 15 is 0 Å².